The highest BCUT2D eigenvalue weighted by Gasteiger charge is 2.09. The highest BCUT2D eigenvalue weighted by atomic mass is 16.5. The van der Waals surface area contributed by atoms with Crippen molar-refractivity contribution < 1.29 is 24.2 Å². The lowest BCUT2D eigenvalue weighted by Crippen LogP contribution is -2.20. The van der Waals surface area contributed by atoms with Crippen LogP contribution in [-0.4, -0.2) is 29.5 Å². The van der Waals surface area contributed by atoms with Crippen molar-refractivity contribution in [2.45, 2.75) is 13.8 Å². The molecule has 0 unspecified atom stereocenters. The second-order valence-corrected chi connectivity index (χ2v) is 5.89. The van der Waals surface area contributed by atoms with Gasteiger partial charge in [0.2, 0.25) is 5.91 Å². The van der Waals surface area contributed by atoms with E-state index in [1.165, 1.54) is 12.1 Å². The van der Waals surface area contributed by atoms with Gasteiger partial charge >= 0.3 is 5.97 Å². The van der Waals surface area contributed by atoms with Crippen molar-refractivity contribution in [3.63, 3.8) is 0 Å². The first-order valence-electron chi connectivity index (χ1n) is 8.02. The fraction of sp³-hybridized carbons (Fsp3) is 0.211. The topological polar surface area (TPSA) is 105 Å². The summed E-state index contributed by atoms with van der Waals surface area (Å²) in [4.78, 5) is 34.6. The van der Waals surface area contributed by atoms with E-state index in [4.69, 9.17) is 9.84 Å². The van der Waals surface area contributed by atoms with Crippen molar-refractivity contribution in [3.8, 4) is 5.75 Å². The summed E-state index contributed by atoms with van der Waals surface area (Å²) in [5.41, 5.74) is 1.03. The molecule has 0 fully saturated rings. The number of carboxylic acid groups (broad SMARTS) is 1. The predicted octanol–water partition coefficient (Wildman–Crippen LogP) is 3.00. The Labute approximate surface area is 151 Å². The van der Waals surface area contributed by atoms with E-state index in [9.17, 15) is 14.4 Å². The second-order valence-electron chi connectivity index (χ2n) is 5.89. The average molecular weight is 356 g/mol. The van der Waals surface area contributed by atoms with E-state index in [1.807, 2.05) is 0 Å². The number of aromatic carboxylic acids is 1. The van der Waals surface area contributed by atoms with Crippen molar-refractivity contribution in [2.75, 3.05) is 17.2 Å². The van der Waals surface area contributed by atoms with Gasteiger partial charge in [-0.15, -0.1) is 0 Å². The molecule has 0 spiro atoms. The summed E-state index contributed by atoms with van der Waals surface area (Å²) in [6.07, 6.45) is 0. The predicted molar refractivity (Wildman–Crippen MR) is 97.4 cm³/mol. The van der Waals surface area contributed by atoms with Crippen LogP contribution in [0.2, 0.25) is 0 Å². The third-order valence-electron chi connectivity index (χ3n) is 3.39. The molecule has 2 aromatic carbocycles. The number of ether oxygens (including phenoxy) is 1. The fourth-order valence-electron chi connectivity index (χ4n) is 2.03. The minimum absolute atomic E-state index is 0.0808. The van der Waals surface area contributed by atoms with Crippen molar-refractivity contribution in [2.24, 2.45) is 5.92 Å². The van der Waals surface area contributed by atoms with Crippen LogP contribution in [0.3, 0.4) is 0 Å². The van der Waals surface area contributed by atoms with Crippen LogP contribution in [0.15, 0.2) is 48.5 Å². The third-order valence-corrected chi connectivity index (χ3v) is 3.39. The van der Waals surface area contributed by atoms with Gasteiger partial charge < -0.3 is 20.5 Å². The van der Waals surface area contributed by atoms with Crippen LogP contribution < -0.4 is 15.4 Å². The minimum atomic E-state index is -1.07. The van der Waals surface area contributed by atoms with Gasteiger partial charge in [0.15, 0.2) is 6.61 Å². The van der Waals surface area contributed by atoms with E-state index in [2.05, 4.69) is 10.6 Å². The molecule has 2 amide bonds. The molecule has 7 heteroatoms. The van der Waals surface area contributed by atoms with Gasteiger partial charge in [-0.25, -0.2) is 4.79 Å². The van der Waals surface area contributed by atoms with Crippen molar-refractivity contribution in [3.05, 3.63) is 54.1 Å². The number of carbonyl (C=O) groups excluding carboxylic acids is 2. The van der Waals surface area contributed by atoms with E-state index < -0.39 is 11.9 Å². The lowest BCUT2D eigenvalue weighted by molar-refractivity contribution is -0.119. The van der Waals surface area contributed by atoms with Gasteiger partial charge in [0.05, 0.1) is 5.56 Å². The van der Waals surface area contributed by atoms with Crippen LogP contribution >= 0.6 is 0 Å². The smallest absolute Gasteiger partial charge is 0.335 e. The molecule has 0 atom stereocenters. The molecule has 0 saturated heterocycles. The van der Waals surface area contributed by atoms with Crippen LogP contribution in [0.25, 0.3) is 0 Å². The Hall–Kier alpha value is -3.35. The number of anilines is 2. The quantitative estimate of drug-likeness (QED) is 0.707. The number of benzene rings is 2. The molecule has 3 N–H and O–H groups in total. The molecule has 0 saturated carbocycles. The number of carbonyl (C=O) groups is 3. The molecule has 7 nitrogen and oxygen atoms in total. The first-order chi connectivity index (χ1) is 12.3. The van der Waals surface area contributed by atoms with Crippen LogP contribution in [0, 0.1) is 5.92 Å². The molecule has 0 aliphatic heterocycles. The van der Waals surface area contributed by atoms with Gasteiger partial charge in [-0.3, -0.25) is 9.59 Å². The van der Waals surface area contributed by atoms with E-state index in [-0.39, 0.29) is 24.0 Å². The number of rotatable bonds is 7. The van der Waals surface area contributed by atoms with Crippen LogP contribution in [0.4, 0.5) is 11.4 Å². The Morgan fingerprint density at radius 2 is 1.65 bits per heavy atom. The summed E-state index contributed by atoms with van der Waals surface area (Å²) in [5.74, 6) is -1.33. The first-order valence-corrected chi connectivity index (χ1v) is 8.02. The second kappa shape index (κ2) is 8.66. The summed E-state index contributed by atoms with van der Waals surface area (Å²) in [6.45, 7) is 3.33. The van der Waals surface area contributed by atoms with E-state index in [0.29, 0.717) is 17.1 Å². The zero-order valence-corrected chi connectivity index (χ0v) is 14.5. The summed E-state index contributed by atoms with van der Waals surface area (Å²) < 4.78 is 5.42. The number of hydrogen-bond donors (Lipinski definition) is 3. The maximum absolute atomic E-state index is 12.0. The number of nitrogens with one attached hydrogen (secondary N) is 2. The average Bonchev–Trinajstić information content (AvgIpc) is 2.60. The third kappa shape index (κ3) is 5.62. The van der Waals surface area contributed by atoms with Crippen molar-refractivity contribution in [1.29, 1.82) is 0 Å². The summed E-state index contributed by atoms with van der Waals surface area (Å²) >= 11 is 0. The highest BCUT2D eigenvalue weighted by molar-refractivity contribution is 5.94. The minimum Gasteiger partial charge on any atom is -0.484 e. The Morgan fingerprint density at radius 1 is 1.00 bits per heavy atom. The molecule has 136 valence electrons. The Bertz CT molecular complexity index is 817. The Morgan fingerprint density at radius 3 is 2.31 bits per heavy atom. The maximum atomic E-state index is 12.0. The lowest BCUT2D eigenvalue weighted by Gasteiger charge is -2.11. The number of hydrogen-bond acceptors (Lipinski definition) is 4. The van der Waals surface area contributed by atoms with Crippen molar-refractivity contribution in [1.82, 2.24) is 0 Å². The number of carboxylic acids is 1. The fourth-order valence-corrected chi connectivity index (χ4v) is 2.03. The molecule has 0 radical (unpaired) electrons. The van der Waals surface area contributed by atoms with E-state index >= 15 is 0 Å². The molecule has 0 aromatic heterocycles. The zero-order chi connectivity index (χ0) is 19.1. The molecule has 0 aliphatic carbocycles. The standard InChI is InChI=1S/C19H20N2O5/c1-12(2)18(23)21-15-7-4-8-16(10-15)26-11-17(22)20-14-6-3-5-13(9-14)19(24)25/h3-10,12H,11H2,1-2H3,(H,20,22)(H,21,23)(H,24,25). The van der Waals surface area contributed by atoms with Gasteiger partial charge in [0.1, 0.15) is 5.75 Å². The molecule has 2 aromatic rings. The van der Waals surface area contributed by atoms with Crippen LogP contribution in [0.5, 0.6) is 5.75 Å². The summed E-state index contributed by atoms with van der Waals surface area (Å²) in [5, 5.41) is 14.3. The Kier molecular flexibility index (Phi) is 6.32. The molecule has 2 rings (SSSR count). The Balaban J connectivity index is 1.92. The van der Waals surface area contributed by atoms with Gasteiger partial charge in [0, 0.05) is 23.4 Å². The van der Waals surface area contributed by atoms with Gasteiger partial charge in [0.25, 0.3) is 5.91 Å². The summed E-state index contributed by atoms with van der Waals surface area (Å²) in [7, 11) is 0. The van der Waals surface area contributed by atoms with Crippen LogP contribution in [-0.2, 0) is 9.59 Å². The monoisotopic (exact) mass is 356 g/mol. The molecule has 0 heterocycles. The van der Waals surface area contributed by atoms with Gasteiger partial charge in [-0.05, 0) is 30.3 Å². The SMILES string of the molecule is CC(C)C(=O)Nc1cccc(OCC(=O)Nc2cccc(C(=O)O)c2)c1. The number of amides is 2. The van der Waals surface area contributed by atoms with E-state index in [0.717, 1.165) is 0 Å². The molecule has 26 heavy (non-hydrogen) atoms. The summed E-state index contributed by atoms with van der Waals surface area (Å²) in [6, 6.07) is 12.7. The lowest BCUT2D eigenvalue weighted by atomic mass is 10.2. The maximum Gasteiger partial charge on any atom is 0.335 e. The normalized spacial score (nSPS) is 10.3. The van der Waals surface area contributed by atoms with Crippen molar-refractivity contribution >= 4 is 29.2 Å². The van der Waals surface area contributed by atoms with E-state index in [1.54, 1.807) is 50.2 Å². The molecule has 0 bridgehead atoms. The highest BCUT2D eigenvalue weighted by Crippen LogP contribution is 2.18. The largest absolute Gasteiger partial charge is 0.484 e. The zero-order valence-electron chi connectivity index (χ0n) is 14.5. The van der Waals surface area contributed by atoms with Gasteiger partial charge in [-0.2, -0.15) is 0 Å². The molecular weight excluding hydrogens is 336 g/mol. The molecule has 0 aliphatic rings. The molecular formula is C19H20N2O5. The van der Waals surface area contributed by atoms with Crippen LogP contribution in [0.1, 0.15) is 24.2 Å². The van der Waals surface area contributed by atoms with Gasteiger partial charge in [-0.1, -0.05) is 26.0 Å². The first kappa shape index (κ1) is 19.0.